The molecule has 2 heterocycles. The molecular weight excluding hydrogens is 582 g/mol. The number of aliphatic hydroxyl groups is 1. The first-order valence-electron chi connectivity index (χ1n) is 16.6. The second-order valence-corrected chi connectivity index (χ2v) is 11.8. The largest absolute Gasteiger partial charge is 0.392 e. The van der Waals surface area contributed by atoms with Crippen LogP contribution >= 0.6 is 0 Å². The van der Waals surface area contributed by atoms with Gasteiger partial charge in [-0.2, -0.15) is 0 Å². The average Bonchev–Trinajstić information content (AvgIpc) is 3.41. The van der Waals surface area contributed by atoms with Crippen LogP contribution in [-0.2, 0) is 37.3 Å². The number of anilines is 1. The summed E-state index contributed by atoms with van der Waals surface area (Å²) in [6.45, 7) is 6.57. The van der Waals surface area contributed by atoms with Gasteiger partial charge in [0, 0.05) is 51.3 Å². The van der Waals surface area contributed by atoms with E-state index in [1.54, 1.807) is 4.57 Å². The second kappa shape index (κ2) is 17.6. The van der Waals surface area contributed by atoms with Gasteiger partial charge < -0.3 is 26.0 Å². The van der Waals surface area contributed by atoms with Gasteiger partial charge in [-0.3, -0.25) is 18.7 Å². The number of benzene rings is 2. The molecule has 4 rings (SSSR count). The van der Waals surface area contributed by atoms with Crippen LogP contribution in [0.2, 0.25) is 0 Å². The van der Waals surface area contributed by atoms with E-state index in [-0.39, 0.29) is 17.2 Å². The first-order valence-corrected chi connectivity index (χ1v) is 16.6. The topological polar surface area (TPSA) is 149 Å². The van der Waals surface area contributed by atoms with Gasteiger partial charge in [-0.15, -0.1) is 0 Å². The molecule has 46 heavy (non-hydrogen) atoms. The molecule has 0 aliphatic carbocycles. The Morgan fingerprint density at radius 3 is 2.46 bits per heavy atom. The molecule has 4 aromatic rings. The van der Waals surface area contributed by atoms with E-state index >= 15 is 0 Å². The number of hydrogen-bond donors (Lipinski definition) is 4. The Bertz CT molecular complexity index is 1680. The molecule has 248 valence electrons. The molecule has 5 N–H and O–H groups in total. The molecule has 2 aromatic heterocycles. The zero-order valence-corrected chi connectivity index (χ0v) is 27.2. The number of unbranched alkanes of at least 4 members (excludes halogenated alkanes) is 2. The number of aliphatic hydroxyl groups excluding tert-OH is 1. The molecule has 0 saturated heterocycles. The van der Waals surface area contributed by atoms with Crippen molar-refractivity contribution < 1.29 is 9.90 Å². The number of fused-ring (bicyclic) bond motifs is 1. The third-order valence-corrected chi connectivity index (χ3v) is 8.15. The molecule has 0 bridgehead atoms. The van der Waals surface area contributed by atoms with Gasteiger partial charge in [-0.1, -0.05) is 62.7 Å². The van der Waals surface area contributed by atoms with Gasteiger partial charge in [0.1, 0.15) is 5.82 Å². The van der Waals surface area contributed by atoms with E-state index in [0.717, 1.165) is 30.4 Å². The maximum absolute atomic E-state index is 13.9. The van der Waals surface area contributed by atoms with E-state index in [2.05, 4.69) is 10.6 Å². The minimum Gasteiger partial charge on any atom is -0.392 e. The Labute approximate surface area is 270 Å². The predicted molar refractivity (Wildman–Crippen MR) is 183 cm³/mol. The second-order valence-electron chi connectivity index (χ2n) is 11.8. The minimum absolute atomic E-state index is 0.0334. The van der Waals surface area contributed by atoms with E-state index in [4.69, 9.17) is 10.7 Å². The van der Waals surface area contributed by atoms with Gasteiger partial charge in [0.2, 0.25) is 5.91 Å². The van der Waals surface area contributed by atoms with Crippen LogP contribution in [0.4, 0.5) is 5.69 Å². The predicted octanol–water partition coefficient (Wildman–Crippen LogP) is 3.42. The highest BCUT2D eigenvalue weighted by Crippen LogP contribution is 2.18. The van der Waals surface area contributed by atoms with Crippen LogP contribution in [0.25, 0.3) is 11.2 Å². The van der Waals surface area contributed by atoms with E-state index in [9.17, 15) is 19.5 Å². The number of imidazole rings is 1. The van der Waals surface area contributed by atoms with Crippen molar-refractivity contribution in [2.24, 2.45) is 5.73 Å². The normalized spacial score (nSPS) is 12.1. The Kier molecular flexibility index (Phi) is 13.3. The van der Waals surface area contributed by atoms with Crippen molar-refractivity contribution >= 4 is 22.8 Å². The number of nitrogens with two attached hydrogens (primary N) is 1. The molecular formula is C35H49N7O4. The Morgan fingerprint density at radius 2 is 1.72 bits per heavy atom. The molecule has 0 saturated carbocycles. The summed E-state index contributed by atoms with van der Waals surface area (Å²) < 4.78 is 4.87. The fraction of sp³-hybridized carbons (Fsp3) is 0.486. The number of nitrogens with zero attached hydrogens (tertiary/aromatic N) is 4. The Morgan fingerprint density at radius 1 is 0.935 bits per heavy atom. The van der Waals surface area contributed by atoms with Crippen molar-refractivity contribution in [1.29, 1.82) is 0 Å². The number of aryl methyl sites for hydroxylation is 2. The van der Waals surface area contributed by atoms with E-state index in [1.807, 2.05) is 73.0 Å². The van der Waals surface area contributed by atoms with Gasteiger partial charge in [0.05, 0.1) is 6.10 Å². The lowest BCUT2D eigenvalue weighted by molar-refractivity contribution is -0.116. The third kappa shape index (κ3) is 9.24. The van der Waals surface area contributed by atoms with Gasteiger partial charge in [-0.05, 0) is 61.9 Å². The lowest BCUT2D eigenvalue weighted by Crippen LogP contribution is -2.41. The number of rotatable bonds is 19. The number of hydrogen-bond acceptors (Lipinski definition) is 7. The third-order valence-electron chi connectivity index (χ3n) is 8.15. The SMILES string of the molecule is CCCn1c(=O)c2c(nc(Cc3ccccc3)n2CCNCC(O)CC)n(CCc2cccc(NC(=O)CCCCCN)c2)c1=O. The van der Waals surface area contributed by atoms with E-state index in [1.165, 1.54) is 4.57 Å². The van der Waals surface area contributed by atoms with Crippen LogP contribution in [0.5, 0.6) is 0 Å². The summed E-state index contributed by atoms with van der Waals surface area (Å²) in [5.41, 5.74) is 8.35. The summed E-state index contributed by atoms with van der Waals surface area (Å²) >= 11 is 0. The summed E-state index contributed by atoms with van der Waals surface area (Å²) in [4.78, 5) is 45.1. The van der Waals surface area contributed by atoms with Crippen molar-refractivity contribution in [2.45, 2.75) is 91.0 Å². The van der Waals surface area contributed by atoms with Crippen molar-refractivity contribution in [3.8, 4) is 0 Å². The van der Waals surface area contributed by atoms with Crippen molar-refractivity contribution in [1.82, 2.24) is 24.0 Å². The Balaban J connectivity index is 1.66. The standard InChI is InChI=1S/C35H49N7O4/c1-3-20-42-34(45)32-33(39-30(24-26-12-7-5-8-13-26)40(32)22-19-37-25-29(43)4-2)41(35(42)46)21-17-27-14-11-15-28(23-27)38-31(44)16-9-6-10-18-36/h5,7-8,11-15,23,29,37,43H,3-4,6,9-10,16-22,24-25,36H2,1-2H3,(H,38,44). The summed E-state index contributed by atoms with van der Waals surface area (Å²) in [7, 11) is 0. The molecule has 1 atom stereocenters. The minimum atomic E-state index is -0.441. The highest BCUT2D eigenvalue weighted by atomic mass is 16.3. The van der Waals surface area contributed by atoms with Crippen molar-refractivity contribution in [3.63, 3.8) is 0 Å². The number of nitrogens with one attached hydrogen (secondary N) is 2. The maximum atomic E-state index is 13.9. The van der Waals surface area contributed by atoms with Crippen LogP contribution in [0.15, 0.2) is 64.2 Å². The van der Waals surface area contributed by atoms with Crippen LogP contribution < -0.4 is 27.6 Å². The summed E-state index contributed by atoms with van der Waals surface area (Å²) in [6, 6.07) is 17.6. The summed E-state index contributed by atoms with van der Waals surface area (Å²) in [6.07, 6.45) is 4.93. The molecule has 1 unspecified atom stereocenters. The zero-order chi connectivity index (χ0) is 32.9. The lowest BCUT2D eigenvalue weighted by Gasteiger charge is -2.14. The van der Waals surface area contributed by atoms with Gasteiger partial charge in [-0.25, -0.2) is 9.78 Å². The summed E-state index contributed by atoms with van der Waals surface area (Å²) in [5.74, 6) is 0.670. The van der Waals surface area contributed by atoms with Gasteiger partial charge in [0.25, 0.3) is 5.56 Å². The first-order chi connectivity index (χ1) is 22.4. The molecule has 0 aliphatic rings. The molecule has 11 heteroatoms. The molecule has 0 aliphatic heterocycles. The number of amides is 1. The Hall–Kier alpha value is -4.06. The van der Waals surface area contributed by atoms with E-state index < -0.39 is 6.10 Å². The maximum Gasteiger partial charge on any atom is 0.332 e. The van der Waals surface area contributed by atoms with Crippen LogP contribution in [0, 0.1) is 0 Å². The van der Waals surface area contributed by atoms with Gasteiger partial charge >= 0.3 is 5.69 Å². The molecule has 0 fully saturated rings. The average molecular weight is 632 g/mol. The highest BCUT2D eigenvalue weighted by molar-refractivity contribution is 5.90. The molecule has 2 aromatic carbocycles. The molecule has 11 nitrogen and oxygen atoms in total. The van der Waals surface area contributed by atoms with Gasteiger partial charge in [0.15, 0.2) is 11.2 Å². The smallest absolute Gasteiger partial charge is 0.332 e. The quantitative estimate of drug-likeness (QED) is 0.116. The number of carbonyl (C=O) groups excluding carboxylic acids is 1. The monoisotopic (exact) mass is 631 g/mol. The van der Waals surface area contributed by atoms with Crippen LogP contribution in [0.3, 0.4) is 0 Å². The molecule has 1 amide bonds. The fourth-order valence-corrected chi connectivity index (χ4v) is 5.59. The fourth-order valence-electron chi connectivity index (χ4n) is 5.59. The molecule has 0 spiro atoms. The zero-order valence-electron chi connectivity index (χ0n) is 27.2. The highest BCUT2D eigenvalue weighted by Gasteiger charge is 2.22. The number of carbonyl (C=O) groups is 1. The van der Waals surface area contributed by atoms with Crippen molar-refractivity contribution in [3.05, 3.63) is 92.4 Å². The molecule has 0 radical (unpaired) electrons. The van der Waals surface area contributed by atoms with Crippen LogP contribution in [0.1, 0.15) is 69.3 Å². The van der Waals surface area contributed by atoms with Crippen molar-refractivity contribution in [2.75, 3.05) is 25.0 Å². The van der Waals surface area contributed by atoms with Crippen LogP contribution in [-0.4, -0.2) is 55.4 Å². The lowest BCUT2D eigenvalue weighted by atomic mass is 10.1. The van der Waals surface area contributed by atoms with E-state index in [0.29, 0.717) is 94.0 Å². The first kappa shape index (κ1) is 34.8. The summed E-state index contributed by atoms with van der Waals surface area (Å²) in [5, 5.41) is 16.3. The number of aromatic nitrogens is 4.